The van der Waals surface area contributed by atoms with E-state index in [1.807, 2.05) is 0 Å². The first kappa shape index (κ1) is 16.7. The van der Waals surface area contributed by atoms with Gasteiger partial charge in [0.2, 0.25) is 5.91 Å². The van der Waals surface area contributed by atoms with Gasteiger partial charge in [-0.15, -0.1) is 0 Å². The summed E-state index contributed by atoms with van der Waals surface area (Å²) in [6.45, 7) is 5.34. The SMILES string of the molecule is CCOC(=O)C1=C(C)N=C2SC(C)C(=O)N2C1c1ccccc1F. The maximum Gasteiger partial charge on any atom is 0.338 e. The number of halogens is 1. The number of allylic oxidation sites excluding steroid dienone is 1. The molecule has 7 heteroatoms. The number of rotatable bonds is 3. The van der Waals surface area contributed by atoms with E-state index in [9.17, 15) is 14.0 Å². The molecule has 0 saturated carbocycles. The standard InChI is InChI=1S/C17H17FN2O3S/c1-4-23-16(22)13-9(2)19-17-20(15(21)10(3)24-17)14(13)11-7-5-6-8-12(11)18/h5-8,10,14H,4H2,1-3H3. The van der Waals surface area contributed by atoms with Crippen molar-refractivity contribution in [1.29, 1.82) is 0 Å². The quantitative estimate of drug-likeness (QED) is 0.788. The van der Waals surface area contributed by atoms with Crippen molar-refractivity contribution in [2.24, 2.45) is 4.99 Å². The first-order chi connectivity index (χ1) is 11.5. The lowest BCUT2D eigenvalue weighted by Crippen LogP contribution is -2.41. The van der Waals surface area contributed by atoms with E-state index in [0.717, 1.165) is 0 Å². The van der Waals surface area contributed by atoms with Gasteiger partial charge >= 0.3 is 5.97 Å². The molecule has 1 fully saturated rings. The van der Waals surface area contributed by atoms with Crippen molar-refractivity contribution in [2.45, 2.75) is 32.1 Å². The average molecular weight is 348 g/mol. The van der Waals surface area contributed by atoms with Gasteiger partial charge in [-0.05, 0) is 26.8 Å². The summed E-state index contributed by atoms with van der Waals surface area (Å²) in [4.78, 5) is 30.8. The Kier molecular flexibility index (Phi) is 4.45. The van der Waals surface area contributed by atoms with Crippen LogP contribution in [0.4, 0.5) is 4.39 Å². The Balaban J connectivity index is 2.18. The molecule has 126 valence electrons. The second kappa shape index (κ2) is 6.39. The van der Waals surface area contributed by atoms with Crippen LogP contribution in [-0.4, -0.2) is 33.8 Å². The Morgan fingerprint density at radius 1 is 1.42 bits per heavy atom. The van der Waals surface area contributed by atoms with E-state index in [0.29, 0.717) is 10.9 Å². The van der Waals surface area contributed by atoms with Gasteiger partial charge in [0.1, 0.15) is 11.9 Å². The van der Waals surface area contributed by atoms with Gasteiger partial charge in [0.25, 0.3) is 0 Å². The fraction of sp³-hybridized carbons (Fsp3) is 0.353. The van der Waals surface area contributed by atoms with Crippen molar-refractivity contribution >= 4 is 28.8 Å². The molecule has 5 nitrogen and oxygen atoms in total. The summed E-state index contributed by atoms with van der Waals surface area (Å²) < 4.78 is 19.6. The zero-order valence-corrected chi connectivity index (χ0v) is 14.4. The van der Waals surface area contributed by atoms with Gasteiger partial charge in [-0.2, -0.15) is 0 Å². The molecule has 0 aromatic heterocycles. The van der Waals surface area contributed by atoms with Crippen LogP contribution in [0.1, 0.15) is 32.4 Å². The first-order valence-electron chi connectivity index (χ1n) is 7.66. The van der Waals surface area contributed by atoms with Gasteiger partial charge < -0.3 is 4.74 Å². The number of hydrogen-bond donors (Lipinski definition) is 0. The largest absolute Gasteiger partial charge is 0.463 e. The monoisotopic (exact) mass is 348 g/mol. The molecule has 1 saturated heterocycles. The number of carbonyl (C=O) groups is 2. The van der Waals surface area contributed by atoms with Crippen molar-refractivity contribution < 1.29 is 18.7 Å². The number of esters is 1. The van der Waals surface area contributed by atoms with Crippen LogP contribution in [0, 0.1) is 5.82 Å². The predicted octanol–water partition coefficient (Wildman–Crippen LogP) is 3.04. The molecule has 2 heterocycles. The Bertz CT molecular complexity index is 775. The highest BCUT2D eigenvalue weighted by Gasteiger charge is 2.46. The number of thioether (sulfide) groups is 1. The van der Waals surface area contributed by atoms with E-state index in [-0.39, 0.29) is 28.9 Å². The number of amidine groups is 1. The molecule has 0 bridgehead atoms. The third kappa shape index (κ3) is 2.62. The Hall–Kier alpha value is -2.15. The molecule has 24 heavy (non-hydrogen) atoms. The minimum absolute atomic E-state index is 0.190. The minimum Gasteiger partial charge on any atom is -0.463 e. The summed E-state index contributed by atoms with van der Waals surface area (Å²) in [5, 5.41) is 0.165. The first-order valence-corrected chi connectivity index (χ1v) is 8.54. The molecule has 2 unspecified atom stereocenters. The summed E-state index contributed by atoms with van der Waals surface area (Å²) in [5.74, 6) is -1.25. The van der Waals surface area contributed by atoms with Crippen LogP contribution in [-0.2, 0) is 14.3 Å². The molecule has 0 N–H and O–H groups in total. The zero-order valence-electron chi connectivity index (χ0n) is 13.6. The van der Waals surface area contributed by atoms with Crippen LogP contribution in [0.5, 0.6) is 0 Å². The average Bonchev–Trinajstić information content (AvgIpc) is 2.81. The third-order valence-electron chi connectivity index (χ3n) is 3.95. The topological polar surface area (TPSA) is 59.0 Å². The highest BCUT2D eigenvalue weighted by Crippen LogP contribution is 2.43. The molecule has 1 amide bonds. The van der Waals surface area contributed by atoms with E-state index in [1.54, 1.807) is 39.0 Å². The molecule has 0 aliphatic carbocycles. The Labute approximate surface area is 143 Å². The minimum atomic E-state index is -0.859. The lowest BCUT2D eigenvalue weighted by atomic mass is 9.94. The lowest BCUT2D eigenvalue weighted by Gasteiger charge is -2.33. The van der Waals surface area contributed by atoms with Gasteiger partial charge in [0.05, 0.1) is 23.1 Å². The summed E-state index contributed by atoms with van der Waals surface area (Å²) in [7, 11) is 0. The number of benzene rings is 1. The van der Waals surface area contributed by atoms with Crippen molar-refractivity contribution in [3.63, 3.8) is 0 Å². The van der Waals surface area contributed by atoms with E-state index in [1.165, 1.54) is 22.7 Å². The molecule has 1 aromatic rings. The Morgan fingerprint density at radius 3 is 2.79 bits per heavy atom. The highest BCUT2D eigenvalue weighted by atomic mass is 32.2. The van der Waals surface area contributed by atoms with Crippen molar-refractivity contribution in [3.8, 4) is 0 Å². The van der Waals surface area contributed by atoms with Crippen molar-refractivity contribution in [2.75, 3.05) is 6.61 Å². The van der Waals surface area contributed by atoms with Crippen LogP contribution in [0.3, 0.4) is 0 Å². The van der Waals surface area contributed by atoms with Gasteiger partial charge in [-0.3, -0.25) is 9.69 Å². The Morgan fingerprint density at radius 2 is 2.12 bits per heavy atom. The molecule has 2 aliphatic rings. The predicted molar refractivity (Wildman–Crippen MR) is 89.8 cm³/mol. The second-order valence-electron chi connectivity index (χ2n) is 5.51. The number of hydrogen-bond acceptors (Lipinski definition) is 5. The summed E-state index contributed by atoms with van der Waals surface area (Å²) >= 11 is 1.31. The number of amides is 1. The number of ether oxygens (including phenoxy) is 1. The molecule has 0 spiro atoms. The van der Waals surface area contributed by atoms with Crippen LogP contribution in [0.25, 0.3) is 0 Å². The van der Waals surface area contributed by atoms with Crippen LogP contribution < -0.4 is 0 Å². The molecule has 1 aromatic carbocycles. The zero-order chi connectivity index (χ0) is 17.4. The highest BCUT2D eigenvalue weighted by molar-refractivity contribution is 8.15. The van der Waals surface area contributed by atoms with Crippen molar-refractivity contribution in [1.82, 2.24) is 4.90 Å². The maximum absolute atomic E-state index is 14.4. The molecular formula is C17H17FN2O3S. The van der Waals surface area contributed by atoms with Crippen LogP contribution in [0.15, 0.2) is 40.5 Å². The van der Waals surface area contributed by atoms with Crippen molar-refractivity contribution in [3.05, 3.63) is 46.9 Å². The summed E-state index contributed by atoms with van der Waals surface area (Å²) in [6, 6.07) is 5.29. The summed E-state index contributed by atoms with van der Waals surface area (Å²) in [5.41, 5.74) is 0.909. The maximum atomic E-state index is 14.4. The molecule has 0 radical (unpaired) electrons. The second-order valence-corrected chi connectivity index (χ2v) is 6.81. The van der Waals surface area contributed by atoms with E-state index in [2.05, 4.69) is 4.99 Å². The molecule has 2 atom stereocenters. The van der Waals surface area contributed by atoms with E-state index in [4.69, 9.17) is 4.74 Å². The number of fused-ring (bicyclic) bond motifs is 1. The van der Waals surface area contributed by atoms with Gasteiger partial charge in [0.15, 0.2) is 5.17 Å². The van der Waals surface area contributed by atoms with Crippen LogP contribution in [0.2, 0.25) is 0 Å². The smallest absolute Gasteiger partial charge is 0.338 e. The number of aliphatic imine (C=N–C) groups is 1. The number of carbonyl (C=O) groups excluding carboxylic acids is 2. The van der Waals surface area contributed by atoms with E-state index >= 15 is 0 Å². The normalized spacial score (nSPS) is 23.2. The van der Waals surface area contributed by atoms with Gasteiger partial charge in [-0.1, -0.05) is 30.0 Å². The fourth-order valence-corrected chi connectivity index (χ4v) is 3.89. The van der Waals surface area contributed by atoms with E-state index < -0.39 is 17.8 Å². The summed E-state index contributed by atoms with van der Waals surface area (Å²) in [6.07, 6.45) is 0. The lowest BCUT2D eigenvalue weighted by molar-refractivity contribution is -0.139. The fourth-order valence-electron chi connectivity index (χ4n) is 2.86. The van der Waals surface area contributed by atoms with Crippen LogP contribution >= 0.6 is 11.8 Å². The molecular weight excluding hydrogens is 331 g/mol. The van der Waals surface area contributed by atoms with Gasteiger partial charge in [0, 0.05) is 5.56 Å². The third-order valence-corrected chi connectivity index (χ3v) is 5.01. The van der Waals surface area contributed by atoms with Gasteiger partial charge in [-0.25, -0.2) is 14.2 Å². The molecule has 2 aliphatic heterocycles. The number of nitrogens with zero attached hydrogens (tertiary/aromatic N) is 2. The molecule has 3 rings (SSSR count).